The zero-order valence-corrected chi connectivity index (χ0v) is 22.7. The maximum atomic E-state index is 13.6. The monoisotopic (exact) mass is 526 g/mol. The predicted octanol–water partition coefficient (Wildman–Crippen LogP) is 6.42. The van der Waals surface area contributed by atoms with Crippen LogP contribution in [0, 0.1) is 5.92 Å². The first-order valence-corrected chi connectivity index (χ1v) is 14.1. The molecule has 5 rings (SSSR count). The molecule has 0 saturated carbocycles. The summed E-state index contributed by atoms with van der Waals surface area (Å²) in [4.78, 5) is 30.8. The molecule has 0 bridgehead atoms. The van der Waals surface area contributed by atoms with E-state index in [9.17, 15) is 9.59 Å². The van der Waals surface area contributed by atoms with Crippen molar-refractivity contribution in [3.63, 3.8) is 0 Å². The molecule has 0 aromatic heterocycles. The summed E-state index contributed by atoms with van der Waals surface area (Å²) in [7, 11) is 0. The summed E-state index contributed by atoms with van der Waals surface area (Å²) in [6, 6.07) is 23.4. The third kappa shape index (κ3) is 6.72. The lowest BCUT2D eigenvalue weighted by Crippen LogP contribution is -2.36. The number of carbonyl (C=O) groups excluding carboxylic acids is 2. The summed E-state index contributed by atoms with van der Waals surface area (Å²) in [6.07, 6.45) is 5.34. The van der Waals surface area contributed by atoms with Crippen molar-refractivity contribution < 1.29 is 14.3 Å². The number of nitrogens with one attached hydrogen (secondary N) is 2. The van der Waals surface area contributed by atoms with Crippen LogP contribution in [0.25, 0.3) is 0 Å². The van der Waals surface area contributed by atoms with Crippen LogP contribution in [-0.4, -0.2) is 49.6 Å². The average Bonchev–Trinajstić information content (AvgIpc) is 3.50. The van der Waals surface area contributed by atoms with Crippen molar-refractivity contribution in [3.8, 4) is 5.75 Å². The van der Waals surface area contributed by atoms with Gasteiger partial charge in [-0.25, -0.2) is 4.79 Å². The minimum Gasteiger partial charge on any atom is -0.492 e. The Balaban J connectivity index is 1.30. The van der Waals surface area contributed by atoms with Gasteiger partial charge in [-0.2, -0.15) is 0 Å². The Labute approximate surface area is 231 Å². The molecule has 2 aliphatic rings. The summed E-state index contributed by atoms with van der Waals surface area (Å²) >= 11 is 0. The Bertz CT molecular complexity index is 1270. The SMILES string of the molecule is CCOc1ccccc1NC(=O)Nc1ccc(N2CCC(Cc3ccccc3)CC2)c(C(=O)N2CCCC2)c1. The normalized spacial score (nSPS) is 15.7. The molecule has 2 aliphatic heterocycles. The van der Waals surface area contributed by atoms with Gasteiger partial charge in [0, 0.05) is 37.6 Å². The number of benzene rings is 3. The average molecular weight is 527 g/mol. The highest BCUT2D eigenvalue weighted by atomic mass is 16.5. The number of para-hydroxylation sites is 2. The minimum absolute atomic E-state index is 0.0414. The van der Waals surface area contributed by atoms with Gasteiger partial charge in [-0.15, -0.1) is 0 Å². The number of nitrogens with zero attached hydrogens (tertiary/aromatic N) is 2. The molecule has 2 saturated heterocycles. The van der Waals surface area contributed by atoms with Crippen molar-refractivity contribution in [2.24, 2.45) is 5.92 Å². The number of anilines is 3. The molecule has 7 heteroatoms. The van der Waals surface area contributed by atoms with Crippen molar-refractivity contribution in [2.45, 2.75) is 39.0 Å². The fourth-order valence-corrected chi connectivity index (χ4v) is 5.61. The molecule has 0 unspecified atom stereocenters. The summed E-state index contributed by atoms with van der Waals surface area (Å²) in [5.41, 5.74) is 4.19. The first kappa shape index (κ1) is 26.6. The van der Waals surface area contributed by atoms with Crippen LogP contribution in [0.2, 0.25) is 0 Å². The van der Waals surface area contributed by atoms with E-state index in [1.807, 2.05) is 48.2 Å². The molecular weight excluding hydrogens is 488 g/mol. The van der Waals surface area contributed by atoms with Gasteiger partial charge in [0.25, 0.3) is 5.91 Å². The van der Waals surface area contributed by atoms with Gasteiger partial charge < -0.3 is 25.2 Å². The molecule has 3 aromatic rings. The Morgan fingerprint density at radius 1 is 0.872 bits per heavy atom. The fraction of sp³-hybridized carbons (Fsp3) is 0.375. The number of hydrogen-bond acceptors (Lipinski definition) is 4. The smallest absolute Gasteiger partial charge is 0.323 e. The highest BCUT2D eigenvalue weighted by Gasteiger charge is 2.27. The van der Waals surface area contributed by atoms with Gasteiger partial charge >= 0.3 is 6.03 Å². The van der Waals surface area contributed by atoms with Gasteiger partial charge in [0.05, 0.1) is 17.9 Å². The van der Waals surface area contributed by atoms with E-state index in [1.54, 1.807) is 6.07 Å². The second kappa shape index (κ2) is 12.7. The molecule has 3 aromatic carbocycles. The second-order valence-corrected chi connectivity index (χ2v) is 10.4. The Hall–Kier alpha value is -4.00. The first-order chi connectivity index (χ1) is 19.1. The van der Waals surface area contributed by atoms with E-state index in [-0.39, 0.29) is 11.9 Å². The van der Waals surface area contributed by atoms with Crippen molar-refractivity contribution in [1.29, 1.82) is 0 Å². The van der Waals surface area contributed by atoms with Crippen molar-refractivity contribution in [3.05, 3.63) is 83.9 Å². The number of hydrogen-bond donors (Lipinski definition) is 2. The van der Waals surface area contributed by atoms with Crippen LogP contribution in [0.15, 0.2) is 72.8 Å². The zero-order chi connectivity index (χ0) is 27.0. The Kier molecular flexibility index (Phi) is 8.66. The lowest BCUT2D eigenvalue weighted by atomic mass is 9.89. The number of urea groups is 1. The minimum atomic E-state index is -0.379. The largest absolute Gasteiger partial charge is 0.492 e. The lowest BCUT2D eigenvalue weighted by Gasteiger charge is -2.35. The molecule has 3 amide bonds. The zero-order valence-electron chi connectivity index (χ0n) is 22.7. The quantitative estimate of drug-likeness (QED) is 0.355. The van der Waals surface area contributed by atoms with Crippen LogP contribution in [0.1, 0.15) is 48.5 Å². The number of piperidine rings is 1. The molecule has 0 radical (unpaired) electrons. The van der Waals surface area contributed by atoms with Crippen molar-refractivity contribution >= 4 is 29.0 Å². The second-order valence-electron chi connectivity index (χ2n) is 10.4. The van der Waals surface area contributed by atoms with Gasteiger partial charge in [-0.1, -0.05) is 42.5 Å². The third-order valence-electron chi connectivity index (χ3n) is 7.64. The molecule has 7 nitrogen and oxygen atoms in total. The molecule has 39 heavy (non-hydrogen) atoms. The highest BCUT2D eigenvalue weighted by Crippen LogP contribution is 2.32. The molecule has 204 valence electrons. The molecule has 2 N–H and O–H groups in total. The molecular formula is C32H38N4O3. The van der Waals surface area contributed by atoms with Crippen molar-refractivity contribution in [1.82, 2.24) is 4.90 Å². The Morgan fingerprint density at radius 2 is 1.59 bits per heavy atom. The maximum absolute atomic E-state index is 13.6. The Morgan fingerprint density at radius 3 is 2.33 bits per heavy atom. The highest BCUT2D eigenvalue weighted by molar-refractivity contribution is 6.04. The van der Waals surface area contributed by atoms with E-state index in [2.05, 4.69) is 45.9 Å². The van der Waals surface area contributed by atoms with E-state index in [0.29, 0.717) is 35.2 Å². The van der Waals surface area contributed by atoms with Crippen LogP contribution in [0.5, 0.6) is 5.75 Å². The van der Waals surface area contributed by atoms with E-state index < -0.39 is 0 Å². The number of carbonyl (C=O) groups is 2. The number of ether oxygens (including phenoxy) is 1. The maximum Gasteiger partial charge on any atom is 0.323 e. The summed E-state index contributed by atoms with van der Waals surface area (Å²) in [5, 5.41) is 5.78. The van der Waals surface area contributed by atoms with Gasteiger partial charge in [0.2, 0.25) is 0 Å². The van der Waals surface area contributed by atoms with E-state index in [0.717, 1.165) is 64.0 Å². The number of likely N-dealkylation sites (tertiary alicyclic amines) is 1. The molecule has 0 aliphatic carbocycles. The molecule has 0 spiro atoms. The standard InChI is InChI=1S/C32H38N4O3/c1-2-39-30-13-7-6-12-28(30)34-32(38)33-26-14-15-29(27(23-26)31(37)36-18-8-9-19-36)35-20-16-25(17-21-35)22-24-10-4-3-5-11-24/h3-7,10-15,23,25H,2,8-9,16-22H2,1H3,(H2,33,34,38). The van der Waals surface area contributed by atoms with Gasteiger partial charge in [0.1, 0.15) is 5.75 Å². The molecule has 0 atom stereocenters. The summed E-state index contributed by atoms with van der Waals surface area (Å²) in [6.45, 7) is 5.81. The van der Waals surface area contributed by atoms with E-state index >= 15 is 0 Å². The molecule has 2 heterocycles. The lowest BCUT2D eigenvalue weighted by molar-refractivity contribution is 0.0793. The summed E-state index contributed by atoms with van der Waals surface area (Å²) < 4.78 is 5.62. The molecule has 2 fully saturated rings. The first-order valence-electron chi connectivity index (χ1n) is 14.1. The van der Waals surface area contributed by atoms with E-state index in [4.69, 9.17) is 4.74 Å². The van der Waals surface area contributed by atoms with Crippen LogP contribution >= 0.6 is 0 Å². The fourth-order valence-electron chi connectivity index (χ4n) is 5.61. The number of amides is 3. The van der Waals surface area contributed by atoms with E-state index in [1.165, 1.54) is 5.56 Å². The number of rotatable bonds is 8. The van der Waals surface area contributed by atoms with Gasteiger partial charge in [-0.3, -0.25) is 4.79 Å². The van der Waals surface area contributed by atoms with Gasteiger partial charge in [-0.05, 0) is 80.8 Å². The van der Waals surface area contributed by atoms with Gasteiger partial charge in [0.15, 0.2) is 0 Å². The van der Waals surface area contributed by atoms with Crippen LogP contribution in [0.4, 0.5) is 21.9 Å². The topological polar surface area (TPSA) is 73.9 Å². The van der Waals surface area contributed by atoms with Crippen molar-refractivity contribution in [2.75, 3.05) is 48.3 Å². The van der Waals surface area contributed by atoms with Crippen LogP contribution in [-0.2, 0) is 6.42 Å². The predicted molar refractivity (Wildman–Crippen MR) is 157 cm³/mol. The summed E-state index contributed by atoms with van der Waals surface area (Å²) in [5.74, 6) is 1.30. The van der Waals surface area contributed by atoms with Crippen LogP contribution < -0.4 is 20.3 Å². The van der Waals surface area contributed by atoms with Crippen LogP contribution in [0.3, 0.4) is 0 Å². The third-order valence-corrected chi connectivity index (χ3v) is 7.64.